The number of rotatable bonds is 6. The van der Waals surface area contributed by atoms with Gasteiger partial charge in [0.25, 0.3) is 5.91 Å². The normalized spacial score (nSPS) is 11.8. The molecule has 0 radical (unpaired) electrons. The van der Waals surface area contributed by atoms with Crippen LogP contribution in [0.5, 0.6) is 5.75 Å². The number of anilines is 1. The van der Waals surface area contributed by atoms with Crippen molar-refractivity contribution in [1.82, 2.24) is 0 Å². The molecule has 2 rings (SSSR count). The van der Waals surface area contributed by atoms with Crippen LogP contribution in [0.2, 0.25) is 0 Å². The highest BCUT2D eigenvalue weighted by Crippen LogP contribution is 2.19. The second-order valence-electron chi connectivity index (χ2n) is 5.25. The highest BCUT2D eigenvalue weighted by atomic mass is 16.5. The Bertz CT molecular complexity index is 593. The maximum absolute atomic E-state index is 12.7. The second kappa shape index (κ2) is 7.64. The van der Waals surface area contributed by atoms with E-state index in [1.165, 1.54) is 0 Å². The van der Waals surface area contributed by atoms with Gasteiger partial charge in [-0.05, 0) is 56.7 Å². The van der Waals surface area contributed by atoms with Crippen molar-refractivity contribution >= 4 is 11.6 Å². The van der Waals surface area contributed by atoms with Crippen LogP contribution >= 0.6 is 0 Å². The summed E-state index contributed by atoms with van der Waals surface area (Å²) < 4.78 is 5.74. The van der Waals surface area contributed by atoms with E-state index in [0.29, 0.717) is 12.1 Å². The molecule has 0 spiro atoms. The smallest absolute Gasteiger partial charge is 0.258 e. The predicted molar refractivity (Wildman–Crippen MR) is 90.6 cm³/mol. The van der Waals surface area contributed by atoms with E-state index < -0.39 is 0 Å². The van der Waals surface area contributed by atoms with Crippen LogP contribution in [-0.4, -0.2) is 18.6 Å². The van der Waals surface area contributed by atoms with Gasteiger partial charge in [0.2, 0.25) is 0 Å². The minimum Gasteiger partial charge on any atom is -0.491 e. The molecule has 0 N–H and O–H groups in total. The van der Waals surface area contributed by atoms with E-state index in [4.69, 9.17) is 4.74 Å². The van der Waals surface area contributed by atoms with Crippen molar-refractivity contribution in [2.24, 2.45) is 0 Å². The zero-order valence-electron chi connectivity index (χ0n) is 13.5. The monoisotopic (exact) mass is 297 g/mol. The quantitative estimate of drug-likeness (QED) is 0.784. The topological polar surface area (TPSA) is 29.5 Å². The van der Waals surface area contributed by atoms with Gasteiger partial charge >= 0.3 is 0 Å². The molecule has 0 saturated carbocycles. The van der Waals surface area contributed by atoms with Gasteiger partial charge in [-0.1, -0.05) is 25.1 Å². The highest BCUT2D eigenvalue weighted by molar-refractivity contribution is 6.06. The first-order valence-electron chi connectivity index (χ1n) is 7.79. The fourth-order valence-electron chi connectivity index (χ4n) is 2.20. The van der Waals surface area contributed by atoms with Gasteiger partial charge in [-0.25, -0.2) is 0 Å². The summed E-state index contributed by atoms with van der Waals surface area (Å²) in [6, 6.07) is 17.1. The summed E-state index contributed by atoms with van der Waals surface area (Å²) in [5.74, 6) is 0.803. The Balaban J connectivity index is 2.14. The molecule has 116 valence electrons. The van der Waals surface area contributed by atoms with E-state index in [2.05, 4.69) is 6.92 Å². The Morgan fingerprint density at radius 3 is 2.23 bits per heavy atom. The number of ether oxygens (including phenoxy) is 1. The van der Waals surface area contributed by atoms with E-state index in [1.54, 1.807) is 4.90 Å². The zero-order valence-corrected chi connectivity index (χ0v) is 13.5. The number of hydrogen-bond donors (Lipinski definition) is 0. The number of carbonyl (C=O) groups excluding carboxylic acids is 1. The Hall–Kier alpha value is -2.29. The average Bonchev–Trinajstić information content (AvgIpc) is 2.57. The van der Waals surface area contributed by atoms with Crippen molar-refractivity contribution < 1.29 is 9.53 Å². The summed E-state index contributed by atoms with van der Waals surface area (Å²) in [5, 5.41) is 0. The lowest BCUT2D eigenvalue weighted by Crippen LogP contribution is -2.30. The molecule has 0 unspecified atom stereocenters. The van der Waals surface area contributed by atoms with Crippen molar-refractivity contribution in [3.8, 4) is 5.75 Å². The zero-order chi connectivity index (χ0) is 15.9. The van der Waals surface area contributed by atoms with Crippen LogP contribution in [0, 0.1) is 0 Å². The SMILES string of the molecule is CC[C@@H](C)Oc1ccc(C(=O)N(CC)c2ccccc2)cc1. The standard InChI is InChI=1S/C19H23NO2/c1-4-15(3)22-18-13-11-16(12-14-18)19(21)20(5-2)17-9-7-6-8-10-17/h6-15H,4-5H2,1-3H3/t15-/m1/s1. The van der Waals surface area contributed by atoms with Crippen molar-refractivity contribution in [2.75, 3.05) is 11.4 Å². The molecule has 0 saturated heterocycles. The second-order valence-corrected chi connectivity index (χ2v) is 5.25. The van der Waals surface area contributed by atoms with E-state index in [1.807, 2.05) is 68.4 Å². The summed E-state index contributed by atoms with van der Waals surface area (Å²) in [5.41, 5.74) is 1.58. The maximum Gasteiger partial charge on any atom is 0.258 e. The van der Waals surface area contributed by atoms with Gasteiger partial charge in [-0.3, -0.25) is 4.79 Å². The first kappa shape index (κ1) is 16.1. The minimum atomic E-state index is 0.00351. The number of para-hydroxylation sites is 1. The summed E-state index contributed by atoms with van der Waals surface area (Å²) in [7, 11) is 0. The van der Waals surface area contributed by atoms with Gasteiger partial charge in [-0.15, -0.1) is 0 Å². The molecule has 1 amide bonds. The van der Waals surface area contributed by atoms with Crippen LogP contribution in [0.3, 0.4) is 0 Å². The van der Waals surface area contributed by atoms with Crippen molar-refractivity contribution in [3.63, 3.8) is 0 Å². The van der Waals surface area contributed by atoms with Crippen molar-refractivity contribution in [2.45, 2.75) is 33.3 Å². The highest BCUT2D eigenvalue weighted by Gasteiger charge is 2.15. The molecule has 2 aromatic rings. The molecule has 0 aliphatic heterocycles. The third-order valence-electron chi connectivity index (χ3n) is 3.64. The Kier molecular flexibility index (Phi) is 5.59. The Labute approximate surface area is 132 Å². The average molecular weight is 297 g/mol. The number of nitrogens with zero attached hydrogens (tertiary/aromatic N) is 1. The van der Waals surface area contributed by atoms with E-state index in [0.717, 1.165) is 17.9 Å². The first-order valence-corrected chi connectivity index (χ1v) is 7.79. The lowest BCUT2D eigenvalue weighted by atomic mass is 10.1. The molecule has 3 nitrogen and oxygen atoms in total. The van der Waals surface area contributed by atoms with Gasteiger partial charge in [0.05, 0.1) is 6.10 Å². The predicted octanol–water partition coefficient (Wildman–Crippen LogP) is 4.53. The van der Waals surface area contributed by atoms with Crippen molar-refractivity contribution in [3.05, 3.63) is 60.2 Å². The van der Waals surface area contributed by atoms with Crippen LogP contribution in [0.1, 0.15) is 37.6 Å². The van der Waals surface area contributed by atoms with Crippen LogP contribution in [-0.2, 0) is 0 Å². The van der Waals surface area contributed by atoms with Gasteiger partial charge in [0.1, 0.15) is 5.75 Å². The third-order valence-corrected chi connectivity index (χ3v) is 3.64. The third kappa shape index (κ3) is 3.88. The van der Waals surface area contributed by atoms with Crippen LogP contribution in [0.25, 0.3) is 0 Å². The molecule has 1 atom stereocenters. The van der Waals surface area contributed by atoms with Gasteiger partial charge < -0.3 is 9.64 Å². The fourth-order valence-corrected chi connectivity index (χ4v) is 2.20. The molecule has 0 fully saturated rings. The maximum atomic E-state index is 12.7. The van der Waals surface area contributed by atoms with Gasteiger partial charge in [0.15, 0.2) is 0 Å². The molecule has 3 heteroatoms. The Morgan fingerprint density at radius 2 is 1.68 bits per heavy atom. The van der Waals surface area contributed by atoms with Crippen LogP contribution in [0.15, 0.2) is 54.6 Å². The minimum absolute atomic E-state index is 0.00351. The largest absolute Gasteiger partial charge is 0.491 e. The number of amides is 1. The van der Waals surface area contributed by atoms with Crippen LogP contribution < -0.4 is 9.64 Å². The van der Waals surface area contributed by atoms with E-state index >= 15 is 0 Å². The first-order chi connectivity index (χ1) is 10.7. The molecule has 0 aliphatic rings. The molecule has 0 aliphatic carbocycles. The van der Waals surface area contributed by atoms with E-state index in [9.17, 15) is 4.79 Å². The molecular weight excluding hydrogens is 274 g/mol. The summed E-state index contributed by atoms with van der Waals surface area (Å²) in [6.45, 7) is 6.73. The van der Waals surface area contributed by atoms with E-state index in [-0.39, 0.29) is 12.0 Å². The van der Waals surface area contributed by atoms with Gasteiger partial charge in [0, 0.05) is 17.8 Å². The molecule has 0 bridgehead atoms. The molecule has 2 aromatic carbocycles. The molecule has 0 aromatic heterocycles. The summed E-state index contributed by atoms with van der Waals surface area (Å²) in [6.07, 6.45) is 1.14. The molecule has 22 heavy (non-hydrogen) atoms. The summed E-state index contributed by atoms with van der Waals surface area (Å²) in [4.78, 5) is 14.4. The number of carbonyl (C=O) groups is 1. The van der Waals surface area contributed by atoms with Crippen LogP contribution in [0.4, 0.5) is 5.69 Å². The molecular formula is C19H23NO2. The van der Waals surface area contributed by atoms with Gasteiger partial charge in [-0.2, -0.15) is 0 Å². The molecule has 0 heterocycles. The number of benzene rings is 2. The fraction of sp³-hybridized carbons (Fsp3) is 0.316. The summed E-state index contributed by atoms with van der Waals surface area (Å²) >= 11 is 0. The lowest BCUT2D eigenvalue weighted by molar-refractivity contribution is 0.0988. The lowest BCUT2D eigenvalue weighted by Gasteiger charge is -2.21. The number of hydrogen-bond acceptors (Lipinski definition) is 2. The Morgan fingerprint density at radius 1 is 1.05 bits per heavy atom. The van der Waals surface area contributed by atoms with Crippen molar-refractivity contribution in [1.29, 1.82) is 0 Å².